The van der Waals surface area contributed by atoms with Crippen LogP contribution in [0.1, 0.15) is 16.2 Å². The van der Waals surface area contributed by atoms with Crippen LogP contribution in [0.4, 0.5) is 5.69 Å². The Hall–Kier alpha value is -3.20. The van der Waals surface area contributed by atoms with Crippen molar-refractivity contribution in [2.45, 2.75) is 6.54 Å². The quantitative estimate of drug-likeness (QED) is 0.589. The number of amides is 2. The third-order valence-electron chi connectivity index (χ3n) is 4.01. The maximum atomic E-state index is 12.4. The van der Waals surface area contributed by atoms with Gasteiger partial charge in [-0.1, -0.05) is 22.0 Å². The van der Waals surface area contributed by atoms with Gasteiger partial charge in [-0.15, -0.1) is 0 Å². The van der Waals surface area contributed by atoms with Crippen molar-refractivity contribution in [2.24, 2.45) is 0 Å². The summed E-state index contributed by atoms with van der Waals surface area (Å²) < 4.78 is 6.05. The molecule has 9 heteroatoms. The van der Waals surface area contributed by atoms with Gasteiger partial charge in [0.05, 0.1) is 16.6 Å². The van der Waals surface area contributed by atoms with E-state index in [1.807, 2.05) is 0 Å². The average Bonchev–Trinajstić information content (AvgIpc) is 2.66. The molecule has 0 aliphatic carbocycles. The lowest BCUT2D eigenvalue weighted by molar-refractivity contribution is -0.118. The van der Waals surface area contributed by atoms with Gasteiger partial charge in [-0.25, -0.2) is 4.98 Å². The Kier molecular flexibility index (Phi) is 4.36. The SMILES string of the molecule is O=C1COc2ccc(CNC(=O)c3nc4ccc(Br)cc4c(=O)[nH]3)cc2N1. The standard InChI is InChI=1S/C18H13BrN4O4/c19-10-2-3-12-11(6-10)17(25)23-16(22-12)18(26)20-7-9-1-4-14-13(5-9)21-15(24)8-27-14/h1-6H,7-8H2,(H,20,26)(H,21,24)(H,22,23,25). The minimum atomic E-state index is -0.505. The number of benzene rings is 2. The van der Waals surface area contributed by atoms with Gasteiger partial charge in [0.15, 0.2) is 12.4 Å². The van der Waals surface area contributed by atoms with Crippen LogP contribution in [0.2, 0.25) is 0 Å². The molecule has 0 radical (unpaired) electrons. The van der Waals surface area contributed by atoms with E-state index in [1.165, 1.54) is 0 Å². The first-order chi connectivity index (χ1) is 13.0. The van der Waals surface area contributed by atoms with E-state index in [0.717, 1.165) is 10.0 Å². The zero-order chi connectivity index (χ0) is 19.0. The lowest BCUT2D eigenvalue weighted by Gasteiger charge is -2.18. The molecule has 0 bridgehead atoms. The smallest absolute Gasteiger partial charge is 0.287 e. The number of hydrogen-bond donors (Lipinski definition) is 3. The van der Waals surface area contributed by atoms with Gasteiger partial charge in [-0.05, 0) is 35.9 Å². The van der Waals surface area contributed by atoms with E-state index in [9.17, 15) is 14.4 Å². The van der Waals surface area contributed by atoms with Gasteiger partial charge < -0.3 is 20.4 Å². The number of aromatic amines is 1. The average molecular weight is 429 g/mol. The maximum absolute atomic E-state index is 12.4. The number of ether oxygens (including phenoxy) is 1. The number of fused-ring (bicyclic) bond motifs is 2. The number of rotatable bonds is 3. The van der Waals surface area contributed by atoms with Gasteiger partial charge in [-0.3, -0.25) is 14.4 Å². The molecule has 0 spiro atoms. The van der Waals surface area contributed by atoms with Gasteiger partial charge in [0.1, 0.15) is 5.75 Å². The van der Waals surface area contributed by atoms with E-state index in [1.54, 1.807) is 36.4 Å². The molecule has 27 heavy (non-hydrogen) atoms. The van der Waals surface area contributed by atoms with Crippen LogP contribution in [-0.4, -0.2) is 28.4 Å². The van der Waals surface area contributed by atoms with Gasteiger partial charge in [0, 0.05) is 11.0 Å². The highest BCUT2D eigenvalue weighted by Crippen LogP contribution is 2.28. The third-order valence-corrected chi connectivity index (χ3v) is 4.51. The fourth-order valence-electron chi connectivity index (χ4n) is 2.72. The number of hydrogen-bond acceptors (Lipinski definition) is 5. The topological polar surface area (TPSA) is 113 Å². The fourth-order valence-corrected chi connectivity index (χ4v) is 3.09. The molecule has 2 heterocycles. The van der Waals surface area contributed by atoms with Crippen molar-refractivity contribution in [1.82, 2.24) is 15.3 Å². The number of halogens is 1. The van der Waals surface area contributed by atoms with Gasteiger partial charge in [0.2, 0.25) is 0 Å². The molecule has 0 atom stereocenters. The molecule has 136 valence electrons. The summed E-state index contributed by atoms with van der Waals surface area (Å²) in [6.07, 6.45) is 0. The summed E-state index contributed by atoms with van der Waals surface area (Å²) >= 11 is 3.30. The van der Waals surface area contributed by atoms with Crippen molar-refractivity contribution >= 4 is 44.3 Å². The number of nitrogens with zero attached hydrogens (tertiary/aromatic N) is 1. The molecule has 0 saturated heterocycles. The molecule has 1 aromatic heterocycles. The van der Waals surface area contributed by atoms with Crippen LogP contribution >= 0.6 is 15.9 Å². The Morgan fingerprint density at radius 2 is 2.07 bits per heavy atom. The Labute approximate surface area is 161 Å². The highest BCUT2D eigenvalue weighted by atomic mass is 79.9. The molecule has 0 fully saturated rings. The summed E-state index contributed by atoms with van der Waals surface area (Å²) in [5, 5.41) is 5.81. The van der Waals surface area contributed by atoms with Crippen molar-refractivity contribution in [2.75, 3.05) is 11.9 Å². The second-order valence-corrected chi connectivity index (χ2v) is 6.84. The molecular formula is C18H13BrN4O4. The molecule has 2 aromatic carbocycles. The largest absolute Gasteiger partial charge is 0.482 e. The Morgan fingerprint density at radius 1 is 1.22 bits per heavy atom. The lowest BCUT2D eigenvalue weighted by atomic mass is 10.1. The first-order valence-electron chi connectivity index (χ1n) is 8.03. The number of aromatic nitrogens is 2. The minimum Gasteiger partial charge on any atom is -0.482 e. The lowest BCUT2D eigenvalue weighted by Crippen LogP contribution is -2.28. The number of H-pyrrole nitrogens is 1. The van der Waals surface area contributed by atoms with E-state index < -0.39 is 5.91 Å². The van der Waals surface area contributed by atoms with Crippen molar-refractivity contribution in [3.05, 3.63) is 62.6 Å². The van der Waals surface area contributed by atoms with Gasteiger partial charge >= 0.3 is 0 Å². The van der Waals surface area contributed by atoms with Crippen molar-refractivity contribution in [3.8, 4) is 5.75 Å². The highest BCUT2D eigenvalue weighted by molar-refractivity contribution is 9.10. The summed E-state index contributed by atoms with van der Waals surface area (Å²) in [6.45, 7) is 0.185. The van der Waals surface area contributed by atoms with Crippen LogP contribution in [0.25, 0.3) is 10.9 Å². The normalized spacial score (nSPS) is 12.9. The Balaban J connectivity index is 1.52. The van der Waals surface area contributed by atoms with Crippen LogP contribution in [0, 0.1) is 0 Å². The van der Waals surface area contributed by atoms with Crippen molar-refractivity contribution in [3.63, 3.8) is 0 Å². The number of anilines is 1. The van der Waals surface area contributed by atoms with Crippen LogP contribution in [-0.2, 0) is 11.3 Å². The number of carbonyl (C=O) groups excluding carboxylic acids is 2. The predicted molar refractivity (Wildman–Crippen MR) is 102 cm³/mol. The van der Waals surface area contributed by atoms with Crippen LogP contribution in [0.15, 0.2) is 45.7 Å². The zero-order valence-electron chi connectivity index (χ0n) is 13.8. The number of carbonyl (C=O) groups is 2. The molecular weight excluding hydrogens is 416 g/mol. The van der Waals surface area contributed by atoms with E-state index in [4.69, 9.17) is 4.74 Å². The van der Waals surface area contributed by atoms with Crippen LogP contribution in [0.5, 0.6) is 5.75 Å². The van der Waals surface area contributed by atoms with Gasteiger partial charge in [-0.2, -0.15) is 0 Å². The van der Waals surface area contributed by atoms with E-state index in [-0.39, 0.29) is 30.4 Å². The number of nitrogens with one attached hydrogen (secondary N) is 3. The van der Waals surface area contributed by atoms with Crippen LogP contribution < -0.4 is 20.9 Å². The molecule has 3 aromatic rings. The summed E-state index contributed by atoms with van der Waals surface area (Å²) in [5.74, 6) is -0.219. The van der Waals surface area contributed by atoms with Crippen molar-refractivity contribution in [1.29, 1.82) is 0 Å². The highest BCUT2D eigenvalue weighted by Gasteiger charge is 2.16. The van der Waals surface area contributed by atoms with Crippen LogP contribution in [0.3, 0.4) is 0 Å². The molecule has 1 aliphatic rings. The summed E-state index contributed by atoms with van der Waals surface area (Å²) in [4.78, 5) is 42.6. The predicted octanol–water partition coefficient (Wildman–Crippen LogP) is 1.95. The first-order valence-corrected chi connectivity index (χ1v) is 8.82. The molecule has 2 amide bonds. The fraction of sp³-hybridized carbons (Fsp3) is 0.111. The Morgan fingerprint density at radius 3 is 2.93 bits per heavy atom. The molecule has 0 unspecified atom stereocenters. The summed E-state index contributed by atoms with van der Waals surface area (Å²) in [5.41, 5.74) is 1.36. The van der Waals surface area contributed by atoms with Gasteiger partial charge in [0.25, 0.3) is 17.4 Å². The summed E-state index contributed by atoms with van der Waals surface area (Å²) in [6, 6.07) is 10.3. The van der Waals surface area contributed by atoms with E-state index in [0.29, 0.717) is 22.3 Å². The molecule has 3 N–H and O–H groups in total. The Bertz CT molecular complexity index is 1140. The molecule has 1 aliphatic heterocycles. The van der Waals surface area contributed by atoms with Crippen molar-refractivity contribution < 1.29 is 14.3 Å². The summed E-state index contributed by atoms with van der Waals surface area (Å²) in [7, 11) is 0. The van der Waals surface area contributed by atoms with E-state index in [2.05, 4.69) is 36.5 Å². The molecule has 4 rings (SSSR count). The van der Waals surface area contributed by atoms with E-state index >= 15 is 0 Å². The maximum Gasteiger partial charge on any atom is 0.287 e. The third kappa shape index (κ3) is 3.54. The molecule has 0 saturated carbocycles. The second-order valence-electron chi connectivity index (χ2n) is 5.93. The first kappa shape index (κ1) is 17.2. The monoisotopic (exact) mass is 428 g/mol. The zero-order valence-corrected chi connectivity index (χ0v) is 15.4. The minimum absolute atomic E-state index is 0.0132. The second kappa shape index (κ2) is 6.84. The molecule has 8 nitrogen and oxygen atoms in total.